The first kappa shape index (κ1) is 19.1. The summed E-state index contributed by atoms with van der Waals surface area (Å²) < 4.78 is 79.1. The van der Waals surface area contributed by atoms with Crippen LogP contribution >= 0.6 is 0 Å². The first-order valence-corrected chi connectivity index (χ1v) is 6.26. The molecule has 118 valence electrons. The Morgan fingerprint density at radius 2 is 1.55 bits per heavy atom. The summed E-state index contributed by atoms with van der Waals surface area (Å²) in [5.74, 6) is -6.42. The lowest BCUT2D eigenvalue weighted by molar-refractivity contribution is 0.0250. The van der Waals surface area contributed by atoms with E-state index in [-0.39, 0.29) is 6.42 Å². The highest BCUT2D eigenvalue weighted by Gasteiger charge is 2.48. The van der Waals surface area contributed by atoms with Crippen LogP contribution in [0.2, 0.25) is 0 Å². The molecule has 0 aromatic carbocycles. The highest BCUT2D eigenvalue weighted by Crippen LogP contribution is 2.48. The molecule has 0 aliphatic heterocycles. The van der Waals surface area contributed by atoms with Gasteiger partial charge < -0.3 is 0 Å². The van der Waals surface area contributed by atoms with Crippen LogP contribution in [0.1, 0.15) is 40.5 Å². The minimum absolute atomic E-state index is 0.174. The summed E-state index contributed by atoms with van der Waals surface area (Å²) in [6, 6.07) is 0. The van der Waals surface area contributed by atoms with Crippen molar-refractivity contribution in [3.8, 4) is 0 Å². The van der Waals surface area contributed by atoms with Crippen molar-refractivity contribution in [1.29, 1.82) is 0 Å². The Morgan fingerprint density at radius 1 is 1.05 bits per heavy atom. The Labute approximate surface area is 115 Å². The zero-order valence-electron chi connectivity index (χ0n) is 12.0. The first-order valence-electron chi connectivity index (χ1n) is 6.26. The number of hydrogen-bond acceptors (Lipinski definition) is 0. The van der Waals surface area contributed by atoms with Crippen LogP contribution in [0.4, 0.5) is 26.3 Å². The summed E-state index contributed by atoms with van der Waals surface area (Å²) in [5.41, 5.74) is -4.25. The highest BCUT2D eigenvalue weighted by molar-refractivity contribution is 5.19. The van der Waals surface area contributed by atoms with Gasteiger partial charge in [-0.15, -0.1) is 0 Å². The number of rotatable bonds is 7. The molecular formula is C14H20F6. The highest BCUT2D eigenvalue weighted by atomic mass is 19.3. The van der Waals surface area contributed by atoms with E-state index in [1.165, 1.54) is 6.92 Å². The Kier molecular flexibility index (Phi) is 6.36. The average Bonchev–Trinajstić information content (AvgIpc) is 2.34. The normalized spacial score (nSPS) is 20.5. The Hall–Kier alpha value is -0.940. The van der Waals surface area contributed by atoms with Crippen molar-refractivity contribution in [3.63, 3.8) is 0 Å². The topological polar surface area (TPSA) is 0 Å². The summed E-state index contributed by atoms with van der Waals surface area (Å²) in [4.78, 5) is 0. The van der Waals surface area contributed by atoms with Crippen LogP contribution in [0.3, 0.4) is 0 Å². The number of halogens is 6. The van der Waals surface area contributed by atoms with Gasteiger partial charge in [0.15, 0.2) is 5.83 Å². The summed E-state index contributed by atoms with van der Waals surface area (Å²) in [6.07, 6.45) is 0.694. The summed E-state index contributed by atoms with van der Waals surface area (Å²) in [7, 11) is 0. The molecule has 1 unspecified atom stereocenters. The molecule has 20 heavy (non-hydrogen) atoms. The van der Waals surface area contributed by atoms with Gasteiger partial charge >= 0.3 is 0 Å². The van der Waals surface area contributed by atoms with Gasteiger partial charge in [-0.1, -0.05) is 13.0 Å². The van der Waals surface area contributed by atoms with Gasteiger partial charge in [-0.3, -0.25) is 0 Å². The van der Waals surface area contributed by atoms with Crippen molar-refractivity contribution in [2.24, 2.45) is 5.41 Å². The third-order valence-corrected chi connectivity index (χ3v) is 3.59. The molecule has 0 N–H and O–H groups in total. The lowest BCUT2D eigenvalue weighted by atomic mass is 9.70. The SMILES string of the molecule is CC[C@@](C)(F)C(C)(C/C=C\C(C)(F)F)/C(F)=C(/F)CF. The molecule has 0 aromatic heterocycles. The quantitative estimate of drug-likeness (QED) is 0.408. The molecule has 0 nitrogen and oxygen atoms in total. The van der Waals surface area contributed by atoms with Crippen molar-refractivity contribution in [2.45, 2.75) is 52.1 Å². The Morgan fingerprint density at radius 3 is 1.90 bits per heavy atom. The zero-order chi connectivity index (χ0) is 16.2. The maximum absolute atomic E-state index is 14.5. The molecule has 6 heteroatoms. The van der Waals surface area contributed by atoms with E-state index in [0.717, 1.165) is 19.9 Å². The fourth-order valence-corrected chi connectivity index (χ4v) is 1.78. The molecule has 2 atom stereocenters. The van der Waals surface area contributed by atoms with Crippen LogP contribution in [0.25, 0.3) is 0 Å². The predicted molar refractivity (Wildman–Crippen MR) is 67.5 cm³/mol. The van der Waals surface area contributed by atoms with Crippen LogP contribution < -0.4 is 0 Å². The van der Waals surface area contributed by atoms with Crippen LogP contribution in [0.15, 0.2) is 23.8 Å². The summed E-state index contributed by atoms with van der Waals surface area (Å²) in [6.45, 7) is 2.42. The second-order valence-corrected chi connectivity index (χ2v) is 5.30. The second-order valence-electron chi connectivity index (χ2n) is 5.30. The summed E-state index contributed by atoms with van der Waals surface area (Å²) >= 11 is 0. The van der Waals surface area contributed by atoms with E-state index in [9.17, 15) is 26.3 Å². The zero-order valence-corrected chi connectivity index (χ0v) is 12.0. The third kappa shape index (κ3) is 4.56. The lowest BCUT2D eigenvalue weighted by Gasteiger charge is -2.38. The van der Waals surface area contributed by atoms with Gasteiger partial charge in [0.1, 0.15) is 18.2 Å². The van der Waals surface area contributed by atoms with E-state index in [0.29, 0.717) is 13.0 Å². The van der Waals surface area contributed by atoms with Gasteiger partial charge in [-0.05, 0) is 32.8 Å². The number of allylic oxidation sites excluding steroid dienone is 4. The summed E-state index contributed by atoms with van der Waals surface area (Å²) in [5, 5.41) is 0. The predicted octanol–water partition coefficient (Wildman–Crippen LogP) is 5.85. The standard InChI is InChI=1S/C14H20F6/c1-5-13(3,18)12(2,11(17)10(16)9-15)7-6-8-14(4,19)20/h6,8H,5,7,9H2,1-4H3/b8-6-,11-10-/t12?,13-/m1/s1. The van der Waals surface area contributed by atoms with E-state index in [2.05, 4.69) is 0 Å². The average molecular weight is 302 g/mol. The second kappa shape index (κ2) is 6.68. The van der Waals surface area contributed by atoms with Crippen molar-refractivity contribution in [2.75, 3.05) is 6.67 Å². The number of alkyl halides is 4. The van der Waals surface area contributed by atoms with Crippen LogP contribution in [0, 0.1) is 5.41 Å². The molecule has 0 spiro atoms. The fraction of sp³-hybridized carbons (Fsp3) is 0.714. The maximum Gasteiger partial charge on any atom is 0.263 e. The first-order chi connectivity index (χ1) is 8.91. The lowest BCUT2D eigenvalue weighted by Crippen LogP contribution is -2.40. The van der Waals surface area contributed by atoms with Gasteiger partial charge in [0, 0.05) is 6.92 Å². The van der Waals surface area contributed by atoms with E-state index in [1.807, 2.05) is 0 Å². The van der Waals surface area contributed by atoms with Gasteiger partial charge in [0.05, 0.1) is 5.41 Å². The van der Waals surface area contributed by atoms with Gasteiger partial charge in [0.25, 0.3) is 5.92 Å². The third-order valence-electron chi connectivity index (χ3n) is 3.59. The van der Waals surface area contributed by atoms with Crippen LogP contribution in [-0.2, 0) is 0 Å². The fourth-order valence-electron chi connectivity index (χ4n) is 1.78. The van der Waals surface area contributed by atoms with Gasteiger partial charge in [-0.25, -0.2) is 26.3 Å². The molecule has 0 amide bonds. The van der Waals surface area contributed by atoms with E-state index in [4.69, 9.17) is 0 Å². The van der Waals surface area contributed by atoms with Gasteiger partial charge in [-0.2, -0.15) is 0 Å². The molecule has 0 saturated carbocycles. The van der Waals surface area contributed by atoms with E-state index < -0.39 is 41.8 Å². The minimum atomic E-state index is -3.14. The smallest absolute Gasteiger partial charge is 0.243 e. The van der Waals surface area contributed by atoms with E-state index >= 15 is 0 Å². The molecule has 0 fully saturated rings. The number of hydrogen-bond donors (Lipinski definition) is 0. The maximum atomic E-state index is 14.5. The van der Waals surface area contributed by atoms with Crippen molar-refractivity contribution >= 4 is 0 Å². The molecule has 0 saturated heterocycles. The molecule has 0 aliphatic carbocycles. The molecule has 0 aliphatic rings. The molecule has 0 aromatic rings. The van der Waals surface area contributed by atoms with Crippen LogP contribution in [-0.4, -0.2) is 18.3 Å². The molecule has 0 rings (SSSR count). The monoisotopic (exact) mass is 302 g/mol. The van der Waals surface area contributed by atoms with Crippen LogP contribution in [0.5, 0.6) is 0 Å². The molecule has 0 heterocycles. The van der Waals surface area contributed by atoms with Gasteiger partial charge in [0.2, 0.25) is 0 Å². The molecule has 0 bridgehead atoms. The molecular weight excluding hydrogens is 282 g/mol. The largest absolute Gasteiger partial charge is 0.263 e. The minimum Gasteiger partial charge on any atom is -0.243 e. The Bertz CT molecular complexity index is 378. The van der Waals surface area contributed by atoms with Crippen molar-refractivity contribution < 1.29 is 26.3 Å². The molecule has 0 radical (unpaired) electrons. The van der Waals surface area contributed by atoms with Crippen molar-refractivity contribution in [1.82, 2.24) is 0 Å². The Balaban J connectivity index is 5.58. The van der Waals surface area contributed by atoms with E-state index in [1.54, 1.807) is 0 Å². The van der Waals surface area contributed by atoms with Crippen molar-refractivity contribution in [3.05, 3.63) is 23.8 Å².